The molecule has 0 aliphatic heterocycles. The van der Waals surface area contributed by atoms with E-state index in [9.17, 15) is 0 Å². The van der Waals surface area contributed by atoms with Crippen LogP contribution in [0, 0.1) is 6.92 Å². The van der Waals surface area contributed by atoms with Crippen LogP contribution >= 0.6 is 35.6 Å². The third-order valence-corrected chi connectivity index (χ3v) is 3.32. The number of nitrogens with one attached hydrogen (secondary N) is 1. The number of hydrogen-bond acceptors (Lipinski definition) is 4. The maximum Gasteiger partial charge on any atom is 0.223 e. The van der Waals surface area contributed by atoms with Crippen LogP contribution < -0.4 is 5.32 Å². The lowest BCUT2D eigenvalue weighted by Crippen LogP contribution is -2.38. The van der Waals surface area contributed by atoms with E-state index in [1.165, 1.54) is 0 Å². The summed E-state index contributed by atoms with van der Waals surface area (Å²) in [4.78, 5) is 10.7. The fourth-order valence-electron chi connectivity index (χ4n) is 2.06. The van der Waals surface area contributed by atoms with E-state index in [1.54, 1.807) is 6.92 Å². The molecule has 7 nitrogen and oxygen atoms in total. The van der Waals surface area contributed by atoms with Crippen molar-refractivity contribution in [3.8, 4) is 0 Å². The third kappa shape index (κ3) is 5.69. The van der Waals surface area contributed by atoms with Crippen LogP contribution in [-0.2, 0) is 20.1 Å². The zero-order chi connectivity index (χ0) is 16.1. The van der Waals surface area contributed by atoms with Gasteiger partial charge in [-0.2, -0.15) is 4.98 Å². The first-order valence-corrected chi connectivity index (χ1v) is 7.46. The number of aromatic nitrogens is 3. The largest absolute Gasteiger partial charge is 0.357 e. The van der Waals surface area contributed by atoms with Crippen molar-refractivity contribution < 1.29 is 4.52 Å². The van der Waals surface area contributed by atoms with Gasteiger partial charge in [-0.25, -0.2) is 4.99 Å². The molecule has 0 atom stereocenters. The number of halogens is 2. The minimum Gasteiger partial charge on any atom is -0.357 e. The number of rotatable bonds is 5. The molecule has 2 rings (SSSR count). The van der Waals surface area contributed by atoms with Gasteiger partial charge in [-0.05, 0) is 13.0 Å². The molecular weight excluding hydrogens is 431 g/mol. The van der Waals surface area contributed by atoms with Crippen LogP contribution in [-0.4, -0.2) is 39.2 Å². The molecule has 0 amide bonds. The lowest BCUT2D eigenvalue weighted by molar-refractivity contribution is 0.387. The topological polar surface area (TPSA) is 71.5 Å². The predicted octanol–water partition coefficient (Wildman–Crippen LogP) is 2.59. The number of aliphatic imine (C=N–C) groups is 1. The summed E-state index contributed by atoms with van der Waals surface area (Å²) in [6, 6.07) is 1.95. The maximum absolute atomic E-state index is 6.02. The second kappa shape index (κ2) is 9.11. The Morgan fingerprint density at radius 2 is 2.26 bits per heavy atom. The van der Waals surface area contributed by atoms with Gasteiger partial charge >= 0.3 is 0 Å². The Labute approximate surface area is 158 Å². The van der Waals surface area contributed by atoms with E-state index in [2.05, 4.69) is 20.4 Å². The Morgan fingerprint density at radius 3 is 2.78 bits per heavy atom. The predicted molar refractivity (Wildman–Crippen MR) is 101 cm³/mol. The van der Waals surface area contributed by atoms with Gasteiger partial charge in [0.1, 0.15) is 6.54 Å². The Morgan fingerprint density at radius 1 is 1.52 bits per heavy atom. The molecule has 0 fully saturated rings. The molecule has 0 aromatic carbocycles. The molecule has 0 spiro atoms. The van der Waals surface area contributed by atoms with Gasteiger partial charge < -0.3 is 19.3 Å². The second-order valence-electron chi connectivity index (χ2n) is 5.02. The van der Waals surface area contributed by atoms with Crippen molar-refractivity contribution in [1.29, 1.82) is 0 Å². The van der Waals surface area contributed by atoms with Crippen LogP contribution in [0.4, 0.5) is 0 Å². The number of nitrogens with zero attached hydrogens (tertiary/aromatic N) is 5. The van der Waals surface area contributed by atoms with Gasteiger partial charge in [0.2, 0.25) is 5.89 Å². The summed E-state index contributed by atoms with van der Waals surface area (Å²) in [6.07, 6.45) is 1.89. The quantitative estimate of drug-likeness (QED) is 0.429. The van der Waals surface area contributed by atoms with Crippen LogP contribution in [0.1, 0.15) is 24.3 Å². The molecule has 0 saturated carbocycles. The monoisotopic (exact) mass is 452 g/mol. The van der Waals surface area contributed by atoms with Crippen molar-refractivity contribution in [2.45, 2.75) is 26.9 Å². The molecule has 23 heavy (non-hydrogen) atoms. The van der Waals surface area contributed by atoms with Gasteiger partial charge in [-0.3, -0.25) is 0 Å². The minimum atomic E-state index is 0. The molecule has 0 bridgehead atoms. The molecule has 2 aromatic heterocycles. The Balaban J connectivity index is 0.00000264. The average molecular weight is 453 g/mol. The smallest absolute Gasteiger partial charge is 0.223 e. The van der Waals surface area contributed by atoms with Gasteiger partial charge in [0.25, 0.3) is 0 Å². The lowest BCUT2D eigenvalue weighted by Gasteiger charge is -2.22. The van der Waals surface area contributed by atoms with E-state index >= 15 is 0 Å². The van der Waals surface area contributed by atoms with Crippen molar-refractivity contribution in [1.82, 2.24) is 24.9 Å². The van der Waals surface area contributed by atoms with Crippen molar-refractivity contribution in [3.63, 3.8) is 0 Å². The molecule has 0 radical (unpaired) electrons. The normalized spacial score (nSPS) is 11.3. The van der Waals surface area contributed by atoms with Crippen LogP contribution in [0.2, 0.25) is 5.02 Å². The number of hydrogen-bond donors (Lipinski definition) is 1. The Bertz CT molecular complexity index is 653. The lowest BCUT2D eigenvalue weighted by atomic mass is 10.4. The van der Waals surface area contributed by atoms with Crippen LogP contribution in [0.3, 0.4) is 0 Å². The molecule has 0 aliphatic rings. The molecule has 128 valence electrons. The van der Waals surface area contributed by atoms with Crippen molar-refractivity contribution >= 4 is 41.5 Å². The van der Waals surface area contributed by atoms with Crippen molar-refractivity contribution in [2.75, 3.05) is 13.6 Å². The molecule has 0 aliphatic carbocycles. The van der Waals surface area contributed by atoms with Crippen molar-refractivity contribution in [2.24, 2.45) is 12.0 Å². The summed E-state index contributed by atoms with van der Waals surface area (Å²) >= 11 is 6.02. The second-order valence-corrected chi connectivity index (χ2v) is 5.45. The minimum absolute atomic E-state index is 0. The summed E-state index contributed by atoms with van der Waals surface area (Å²) in [5.41, 5.74) is 1.11. The highest BCUT2D eigenvalue weighted by Gasteiger charge is 2.10. The van der Waals surface area contributed by atoms with E-state index in [1.807, 2.05) is 42.7 Å². The number of aryl methyl sites for hydroxylation is 2. The van der Waals surface area contributed by atoms with Gasteiger partial charge in [-0.1, -0.05) is 16.8 Å². The molecule has 1 N–H and O–H groups in total. The first-order chi connectivity index (χ1) is 10.5. The van der Waals surface area contributed by atoms with E-state index in [-0.39, 0.29) is 24.0 Å². The molecule has 2 aromatic rings. The van der Waals surface area contributed by atoms with Crippen molar-refractivity contribution in [3.05, 3.63) is 34.7 Å². The summed E-state index contributed by atoms with van der Waals surface area (Å²) in [5.74, 6) is 1.90. The first-order valence-electron chi connectivity index (χ1n) is 7.09. The standard InChI is InChI=1S/C14H21ClN6O.HI/c1-5-16-14(17-7-13-18-10(2)22-19-13)21(4)9-12-6-11(15)8-20(12)3;/h6,8H,5,7,9H2,1-4H3,(H,16,17);1H. The highest BCUT2D eigenvalue weighted by atomic mass is 127. The highest BCUT2D eigenvalue weighted by molar-refractivity contribution is 14.0. The summed E-state index contributed by atoms with van der Waals surface area (Å²) in [6.45, 7) is 5.64. The van der Waals surface area contributed by atoms with Crippen LogP contribution in [0.25, 0.3) is 0 Å². The average Bonchev–Trinajstić information content (AvgIpc) is 3.00. The fourth-order valence-corrected chi connectivity index (χ4v) is 2.33. The summed E-state index contributed by atoms with van der Waals surface area (Å²) < 4.78 is 6.95. The van der Waals surface area contributed by atoms with Crippen LogP contribution in [0.5, 0.6) is 0 Å². The van der Waals surface area contributed by atoms with E-state index in [0.717, 1.165) is 23.2 Å². The van der Waals surface area contributed by atoms with E-state index < -0.39 is 0 Å². The molecule has 0 unspecified atom stereocenters. The van der Waals surface area contributed by atoms with Gasteiger partial charge in [0.15, 0.2) is 11.8 Å². The Hall–Kier alpha value is -1.29. The van der Waals surface area contributed by atoms with Gasteiger partial charge in [-0.15, -0.1) is 24.0 Å². The Kier molecular flexibility index (Phi) is 7.83. The highest BCUT2D eigenvalue weighted by Crippen LogP contribution is 2.14. The van der Waals surface area contributed by atoms with Gasteiger partial charge in [0.05, 0.1) is 11.6 Å². The third-order valence-electron chi connectivity index (χ3n) is 3.11. The van der Waals surface area contributed by atoms with Gasteiger partial charge in [0, 0.05) is 39.5 Å². The SMILES string of the molecule is CCNC(=NCc1noc(C)n1)N(C)Cc1cc(Cl)cn1C.I. The van der Waals surface area contributed by atoms with E-state index in [0.29, 0.717) is 24.8 Å². The molecular formula is C14H22ClIN6O. The number of guanidine groups is 1. The molecule has 0 saturated heterocycles. The molecule has 9 heteroatoms. The molecule has 2 heterocycles. The summed E-state index contributed by atoms with van der Waals surface area (Å²) in [5, 5.41) is 7.83. The fraction of sp³-hybridized carbons (Fsp3) is 0.500. The zero-order valence-corrected chi connectivity index (χ0v) is 16.8. The first kappa shape index (κ1) is 19.8. The van der Waals surface area contributed by atoms with E-state index in [4.69, 9.17) is 16.1 Å². The maximum atomic E-state index is 6.02. The van der Waals surface area contributed by atoms with Crippen LogP contribution in [0.15, 0.2) is 21.8 Å². The zero-order valence-electron chi connectivity index (χ0n) is 13.7. The summed E-state index contributed by atoms with van der Waals surface area (Å²) in [7, 11) is 3.95.